The lowest BCUT2D eigenvalue weighted by Crippen LogP contribution is -2.28. The molecule has 5 heteroatoms. The van der Waals surface area contributed by atoms with Crippen molar-refractivity contribution in [3.05, 3.63) is 77.9 Å². The molecule has 0 saturated heterocycles. The van der Waals surface area contributed by atoms with Gasteiger partial charge >= 0.3 is 5.97 Å². The number of amides is 1. The second-order valence-electron chi connectivity index (χ2n) is 4.91. The van der Waals surface area contributed by atoms with Crippen LogP contribution < -0.4 is 5.32 Å². The minimum absolute atomic E-state index is 0.0695. The first-order valence-electron chi connectivity index (χ1n) is 7.66. The summed E-state index contributed by atoms with van der Waals surface area (Å²) >= 11 is 0. The van der Waals surface area contributed by atoms with E-state index in [-0.39, 0.29) is 11.6 Å². The first-order valence-corrected chi connectivity index (χ1v) is 7.66. The summed E-state index contributed by atoms with van der Waals surface area (Å²) in [5.41, 5.74) is 0.529. The number of carbonyl (C=O) groups excluding carboxylic acids is 2. The smallest absolute Gasteiger partial charge is 0.354 e. The molecule has 0 saturated carbocycles. The number of hydrogen-bond donors (Lipinski definition) is 1. The van der Waals surface area contributed by atoms with Gasteiger partial charge in [0.25, 0.3) is 5.91 Å². The van der Waals surface area contributed by atoms with Crippen LogP contribution in [0.2, 0.25) is 0 Å². The van der Waals surface area contributed by atoms with E-state index < -0.39 is 5.97 Å². The van der Waals surface area contributed by atoms with Gasteiger partial charge in [0.05, 0.1) is 12.9 Å². The normalized spacial score (nSPS) is 11.5. The van der Waals surface area contributed by atoms with E-state index in [2.05, 4.69) is 5.32 Å². The summed E-state index contributed by atoms with van der Waals surface area (Å²) in [6, 6.07) is 12.2. The van der Waals surface area contributed by atoms with Crippen molar-refractivity contribution in [2.45, 2.75) is 13.3 Å². The number of allylic oxidation sites excluding steroid dienone is 2. The molecule has 24 heavy (non-hydrogen) atoms. The zero-order valence-electron chi connectivity index (χ0n) is 13.4. The molecule has 0 unspecified atom stereocenters. The van der Waals surface area contributed by atoms with Crippen LogP contribution in [0, 0.1) is 0 Å². The lowest BCUT2D eigenvalue weighted by Gasteiger charge is -2.09. The second kappa shape index (κ2) is 9.15. The van der Waals surface area contributed by atoms with Gasteiger partial charge in [-0.2, -0.15) is 0 Å². The minimum Gasteiger partial charge on any atom is -0.465 e. The standard InChI is InChI=1S/C19H19NO4/c1-2-13-24-19(22)17(12-6-10-16-11-7-14-23-16)20-18(21)15-8-4-3-5-9-15/h3-12,14H,2,13H2,1H3,(H,20,21)/b10-6+,17-12+. The molecule has 124 valence electrons. The van der Waals surface area contributed by atoms with Gasteiger partial charge in [-0.1, -0.05) is 31.2 Å². The summed E-state index contributed by atoms with van der Waals surface area (Å²) in [5.74, 6) is -0.311. The van der Waals surface area contributed by atoms with E-state index in [1.54, 1.807) is 54.8 Å². The van der Waals surface area contributed by atoms with E-state index in [9.17, 15) is 9.59 Å². The van der Waals surface area contributed by atoms with E-state index >= 15 is 0 Å². The van der Waals surface area contributed by atoms with Crippen LogP contribution in [0.1, 0.15) is 29.5 Å². The van der Waals surface area contributed by atoms with E-state index in [1.165, 1.54) is 6.08 Å². The topological polar surface area (TPSA) is 68.5 Å². The Hall–Kier alpha value is -3.08. The molecular formula is C19H19NO4. The van der Waals surface area contributed by atoms with Gasteiger partial charge in [-0.25, -0.2) is 4.79 Å². The van der Waals surface area contributed by atoms with Crippen molar-refractivity contribution < 1.29 is 18.7 Å². The van der Waals surface area contributed by atoms with E-state index in [4.69, 9.17) is 9.15 Å². The fourth-order valence-electron chi connectivity index (χ4n) is 1.84. The van der Waals surface area contributed by atoms with Crippen LogP contribution in [0.3, 0.4) is 0 Å². The van der Waals surface area contributed by atoms with Crippen molar-refractivity contribution in [2.75, 3.05) is 6.61 Å². The largest absolute Gasteiger partial charge is 0.465 e. The average Bonchev–Trinajstić information content (AvgIpc) is 3.12. The van der Waals surface area contributed by atoms with Crippen LogP contribution >= 0.6 is 0 Å². The van der Waals surface area contributed by atoms with E-state index in [0.717, 1.165) is 0 Å². The predicted molar refractivity (Wildman–Crippen MR) is 91.0 cm³/mol. The summed E-state index contributed by atoms with van der Waals surface area (Å²) in [6.07, 6.45) is 7.04. The van der Waals surface area contributed by atoms with Gasteiger partial charge in [0, 0.05) is 5.56 Å². The number of nitrogens with one attached hydrogen (secondary N) is 1. The molecule has 0 radical (unpaired) electrons. The van der Waals surface area contributed by atoms with Gasteiger partial charge in [-0.05, 0) is 42.8 Å². The van der Waals surface area contributed by atoms with Crippen LogP contribution in [0.4, 0.5) is 0 Å². The molecule has 0 bridgehead atoms. The van der Waals surface area contributed by atoms with Crippen molar-refractivity contribution in [3.63, 3.8) is 0 Å². The molecule has 0 fully saturated rings. The maximum absolute atomic E-state index is 12.2. The lowest BCUT2D eigenvalue weighted by molar-refractivity contribution is -0.139. The molecule has 0 spiro atoms. The van der Waals surface area contributed by atoms with Crippen molar-refractivity contribution in [1.82, 2.24) is 5.32 Å². The number of furan rings is 1. The minimum atomic E-state index is -0.578. The third-order valence-electron chi connectivity index (χ3n) is 3.01. The molecule has 0 aliphatic rings. The summed E-state index contributed by atoms with van der Waals surface area (Å²) in [5, 5.41) is 2.59. The third-order valence-corrected chi connectivity index (χ3v) is 3.01. The van der Waals surface area contributed by atoms with Crippen molar-refractivity contribution >= 4 is 18.0 Å². The number of ether oxygens (including phenoxy) is 1. The molecule has 0 aliphatic carbocycles. The Kier molecular flexibility index (Phi) is 6.58. The van der Waals surface area contributed by atoms with E-state index in [0.29, 0.717) is 24.4 Å². The zero-order valence-corrected chi connectivity index (χ0v) is 13.4. The monoisotopic (exact) mass is 325 g/mol. The molecule has 1 amide bonds. The molecule has 2 rings (SSSR count). The van der Waals surface area contributed by atoms with Gasteiger partial charge in [0.1, 0.15) is 11.5 Å². The third kappa shape index (κ3) is 5.28. The van der Waals surface area contributed by atoms with Gasteiger partial charge in [0.2, 0.25) is 0 Å². The van der Waals surface area contributed by atoms with Gasteiger partial charge < -0.3 is 14.5 Å². The number of benzene rings is 1. The lowest BCUT2D eigenvalue weighted by atomic mass is 10.2. The molecule has 1 N–H and O–H groups in total. The fraction of sp³-hybridized carbons (Fsp3) is 0.158. The van der Waals surface area contributed by atoms with Crippen LogP contribution in [-0.2, 0) is 9.53 Å². The predicted octanol–water partition coefficient (Wildman–Crippen LogP) is 3.56. The first kappa shape index (κ1) is 17.3. The molecule has 0 atom stereocenters. The highest BCUT2D eigenvalue weighted by Crippen LogP contribution is 2.05. The zero-order chi connectivity index (χ0) is 17.2. The maximum Gasteiger partial charge on any atom is 0.354 e. The van der Waals surface area contributed by atoms with Crippen LogP contribution in [-0.4, -0.2) is 18.5 Å². The van der Waals surface area contributed by atoms with Gasteiger partial charge in [-0.3, -0.25) is 4.79 Å². The molecule has 2 aromatic rings. The Bertz CT molecular complexity index is 715. The summed E-state index contributed by atoms with van der Waals surface area (Å²) in [4.78, 5) is 24.3. The molecule has 1 heterocycles. The van der Waals surface area contributed by atoms with Crippen LogP contribution in [0.15, 0.2) is 71.0 Å². The van der Waals surface area contributed by atoms with Crippen molar-refractivity contribution in [1.29, 1.82) is 0 Å². The Balaban J connectivity index is 2.12. The summed E-state index contributed by atoms with van der Waals surface area (Å²) in [7, 11) is 0. The van der Waals surface area contributed by atoms with Crippen LogP contribution in [0.25, 0.3) is 6.08 Å². The van der Waals surface area contributed by atoms with Crippen molar-refractivity contribution in [3.8, 4) is 0 Å². The quantitative estimate of drug-likeness (QED) is 0.480. The van der Waals surface area contributed by atoms with Crippen molar-refractivity contribution in [2.24, 2.45) is 0 Å². The van der Waals surface area contributed by atoms with Crippen LogP contribution in [0.5, 0.6) is 0 Å². The Morgan fingerprint density at radius 1 is 1.17 bits per heavy atom. The Labute approximate surface area is 140 Å². The van der Waals surface area contributed by atoms with Gasteiger partial charge in [0.15, 0.2) is 0 Å². The SMILES string of the molecule is CCCOC(=O)/C(=C\C=C\c1ccco1)NC(=O)c1ccccc1. The first-order chi connectivity index (χ1) is 11.7. The van der Waals surface area contributed by atoms with Gasteiger partial charge in [-0.15, -0.1) is 0 Å². The Morgan fingerprint density at radius 2 is 1.96 bits per heavy atom. The van der Waals surface area contributed by atoms with E-state index in [1.807, 2.05) is 13.0 Å². The number of esters is 1. The average molecular weight is 325 g/mol. The number of rotatable bonds is 7. The second-order valence-corrected chi connectivity index (χ2v) is 4.91. The number of carbonyl (C=O) groups is 2. The number of hydrogen-bond acceptors (Lipinski definition) is 4. The molecule has 0 aliphatic heterocycles. The fourth-order valence-corrected chi connectivity index (χ4v) is 1.84. The highest BCUT2D eigenvalue weighted by atomic mass is 16.5. The molecular weight excluding hydrogens is 306 g/mol. The molecule has 1 aromatic carbocycles. The maximum atomic E-state index is 12.2. The molecule has 1 aromatic heterocycles. The summed E-state index contributed by atoms with van der Waals surface area (Å²) in [6.45, 7) is 2.19. The highest BCUT2D eigenvalue weighted by molar-refractivity contribution is 6.01. The Morgan fingerprint density at radius 3 is 2.62 bits per heavy atom. The summed E-state index contributed by atoms with van der Waals surface area (Å²) < 4.78 is 10.3. The molecule has 5 nitrogen and oxygen atoms in total. The highest BCUT2D eigenvalue weighted by Gasteiger charge is 2.14.